The third-order valence-corrected chi connectivity index (χ3v) is 4.07. The summed E-state index contributed by atoms with van der Waals surface area (Å²) in [7, 11) is 1.62. The Labute approximate surface area is 159 Å². The van der Waals surface area contributed by atoms with Crippen molar-refractivity contribution in [3.63, 3.8) is 0 Å². The fraction of sp³-hybridized carbons (Fsp3) is 0.182. The average Bonchev–Trinajstić information content (AvgIpc) is 2.63. The molecule has 0 unspecified atom stereocenters. The Balaban J connectivity index is 1.58. The lowest BCUT2D eigenvalue weighted by Crippen LogP contribution is -2.15. The number of hydrogen-bond donors (Lipinski definition) is 2. The minimum absolute atomic E-state index is 0.109. The number of amides is 1. The van der Waals surface area contributed by atoms with Gasteiger partial charge in [-0.25, -0.2) is 4.98 Å². The molecule has 0 saturated heterocycles. The summed E-state index contributed by atoms with van der Waals surface area (Å²) in [5, 5.41) is 6.15. The topological polar surface area (TPSA) is 63.2 Å². The molecule has 3 aromatic rings. The number of anilines is 3. The summed E-state index contributed by atoms with van der Waals surface area (Å²) in [4.78, 5) is 16.5. The molecule has 0 saturated carbocycles. The van der Waals surface area contributed by atoms with Crippen molar-refractivity contribution in [1.82, 2.24) is 4.98 Å². The number of carbonyl (C=O) groups is 1. The number of nitrogens with one attached hydrogen (secondary N) is 2. The van der Waals surface area contributed by atoms with E-state index in [4.69, 9.17) is 4.74 Å². The smallest absolute Gasteiger partial charge is 0.229 e. The molecule has 3 rings (SSSR count). The van der Waals surface area contributed by atoms with E-state index in [1.807, 2.05) is 30.3 Å². The number of rotatable bonds is 6. The summed E-state index contributed by atoms with van der Waals surface area (Å²) >= 11 is 0. The van der Waals surface area contributed by atoms with Crippen LogP contribution < -0.4 is 15.4 Å². The lowest BCUT2D eigenvalue weighted by molar-refractivity contribution is -0.115. The Morgan fingerprint density at radius 3 is 2.26 bits per heavy atom. The Morgan fingerprint density at radius 2 is 1.67 bits per heavy atom. The van der Waals surface area contributed by atoms with E-state index < -0.39 is 0 Å². The lowest BCUT2D eigenvalue weighted by atomic mass is 10.1. The van der Waals surface area contributed by atoms with Gasteiger partial charge in [0.2, 0.25) is 5.91 Å². The van der Waals surface area contributed by atoms with E-state index in [0.717, 1.165) is 22.7 Å². The van der Waals surface area contributed by atoms with Gasteiger partial charge in [0.25, 0.3) is 0 Å². The molecule has 0 aliphatic heterocycles. The number of methoxy groups -OCH3 is 1. The second kappa shape index (κ2) is 8.36. The Hall–Kier alpha value is -3.34. The summed E-state index contributed by atoms with van der Waals surface area (Å²) in [5.41, 5.74) is 5.21. The van der Waals surface area contributed by atoms with Crippen molar-refractivity contribution in [2.45, 2.75) is 20.3 Å². The highest BCUT2D eigenvalue weighted by atomic mass is 16.5. The van der Waals surface area contributed by atoms with E-state index in [1.54, 1.807) is 19.4 Å². The normalized spacial score (nSPS) is 10.3. The Bertz CT molecular complexity index is 899. The molecule has 0 aliphatic rings. The maximum absolute atomic E-state index is 12.2. The van der Waals surface area contributed by atoms with Gasteiger partial charge in [-0.2, -0.15) is 0 Å². The summed E-state index contributed by atoms with van der Waals surface area (Å²) in [6.07, 6.45) is 1.99. The lowest BCUT2D eigenvalue weighted by Gasteiger charge is -2.10. The van der Waals surface area contributed by atoms with Crippen LogP contribution >= 0.6 is 0 Å². The van der Waals surface area contributed by atoms with Crippen LogP contribution in [0.1, 0.15) is 16.7 Å². The van der Waals surface area contributed by atoms with Crippen molar-refractivity contribution < 1.29 is 9.53 Å². The van der Waals surface area contributed by atoms with Crippen molar-refractivity contribution >= 4 is 23.1 Å². The third-order valence-electron chi connectivity index (χ3n) is 4.07. The molecule has 2 N–H and O–H groups in total. The number of ether oxygens (including phenoxy) is 1. The number of hydrogen-bond acceptors (Lipinski definition) is 4. The van der Waals surface area contributed by atoms with Crippen LogP contribution in [0.3, 0.4) is 0 Å². The third kappa shape index (κ3) is 5.31. The highest BCUT2D eigenvalue weighted by molar-refractivity contribution is 5.91. The second-order valence-electron chi connectivity index (χ2n) is 6.51. The van der Waals surface area contributed by atoms with E-state index in [0.29, 0.717) is 5.82 Å². The molecule has 1 amide bonds. The van der Waals surface area contributed by atoms with Crippen LogP contribution in [0.25, 0.3) is 0 Å². The first kappa shape index (κ1) is 18.5. The average molecular weight is 361 g/mol. The number of aryl methyl sites for hydroxylation is 2. The van der Waals surface area contributed by atoms with Gasteiger partial charge in [0.15, 0.2) is 0 Å². The first-order valence-corrected chi connectivity index (χ1v) is 8.76. The number of aromatic nitrogens is 1. The summed E-state index contributed by atoms with van der Waals surface area (Å²) in [6.45, 7) is 4.13. The predicted octanol–water partition coefficient (Wildman–Crippen LogP) is 4.63. The molecular formula is C22H23N3O2. The number of nitrogens with zero attached hydrogens (tertiary/aromatic N) is 1. The zero-order chi connectivity index (χ0) is 19.2. The summed E-state index contributed by atoms with van der Waals surface area (Å²) < 4.78 is 5.12. The monoisotopic (exact) mass is 361 g/mol. The summed E-state index contributed by atoms with van der Waals surface area (Å²) in [5.74, 6) is 1.19. The predicted molar refractivity (Wildman–Crippen MR) is 109 cm³/mol. The van der Waals surface area contributed by atoms with Crippen LogP contribution in [0.5, 0.6) is 5.75 Å². The molecule has 5 heteroatoms. The quantitative estimate of drug-likeness (QED) is 0.672. The minimum atomic E-state index is -0.109. The highest BCUT2D eigenvalue weighted by Gasteiger charge is 2.06. The van der Waals surface area contributed by atoms with Crippen LogP contribution in [-0.4, -0.2) is 18.0 Å². The summed E-state index contributed by atoms with van der Waals surface area (Å²) in [6, 6.07) is 17.4. The van der Waals surface area contributed by atoms with Crippen molar-refractivity contribution in [3.05, 3.63) is 77.5 Å². The van der Waals surface area contributed by atoms with E-state index in [9.17, 15) is 4.79 Å². The van der Waals surface area contributed by atoms with Crippen LogP contribution in [0.15, 0.2) is 60.8 Å². The van der Waals surface area contributed by atoms with E-state index >= 15 is 0 Å². The maximum Gasteiger partial charge on any atom is 0.229 e. The van der Waals surface area contributed by atoms with Crippen LogP contribution in [-0.2, 0) is 11.2 Å². The first-order valence-electron chi connectivity index (χ1n) is 8.76. The standard InChI is InChI=1S/C22H23N3O2/c1-15-10-16(2)12-19(11-15)24-18-6-9-21(23-14-18)25-22(26)13-17-4-7-20(27-3)8-5-17/h4-12,14,24H,13H2,1-3H3,(H,23,25,26). The minimum Gasteiger partial charge on any atom is -0.497 e. The molecule has 1 heterocycles. The molecule has 0 atom stereocenters. The fourth-order valence-corrected chi connectivity index (χ4v) is 2.87. The molecular weight excluding hydrogens is 338 g/mol. The van der Waals surface area contributed by atoms with Crippen LogP contribution in [0.4, 0.5) is 17.2 Å². The number of carbonyl (C=O) groups excluding carboxylic acids is 1. The molecule has 0 aliphatic carbocycles. The van der Waals surface area contributed by atoms with Gasteiger partial charge in [-0.1, -0.05) is 18.2 Å². The van der Waals surface area contributed by atoms with Crippen molar-refractivity contribution in [3.8, 4) is 5.75 Å². The zero-order valence-corrected chi connectivity index (χ0v) is 15.7. The van der Waals surface area contributed by atoms with E-state index in [2.05, 4.69) is 47.7 Å². The van der Waals surface area contributed by atoms with Crippen molar-refractivity contribution in [2.75, 3.05) is 17.7 Å². The molecule has 5 nitrogen and oxygen atoms in total. The van der Waals surface area contributed by atoms with Gasteiger partial charge >= 0.3 is 0 Å². The zero-order valence-electron chi connectivity index (χ0n) is 15.7. The molecule has 0 bridgehead atoms. The Morgan fingerprint density at radius 1 is 0.963 bits per heavy atom. The molecule has 0 radical (unpaired) electrons. The van der Waals surface area contributed by atoms with Gasteiger partial charge < -0.3 is 15.4 Å². The van der Waals surface area contributed by atoms with Gasteiger partial charge in [0, 0.05) is 5.69 Å². The largest absolute Gasteiger partial charge is 0.497 e. The second-order valence-corrected chi connectivity index (χ2v) is 6.51. The van der Waals surface area contributed by atoms with Crippen LogP contribution in [0, 0.1) is 13.8 Å². The molecule has 0 fully saturated rings. The van der Waals surface area contributed by atoms with Gasteiger partial charge in [-0.3, -0.25) is 4.79 Å². The molecule has 0 spiro atoms. The molecule has 2 aromatic carbocycles. The highest BCUT2D eigenvalue weighted by Crippen LogP contribution is 2.20. The molecule has 27 heavy (non-hydrogen) atoms. The molecule has 1 aromatic heterocycles. The Kier molecular flexibility index (Phi) is 5.71. The van der Waals surface area contributed by atoms with Crippen LogP contribution in [0.2, 0.25) is 0 Å². The van der Waals surface area contributed by atoms with Gasteiger partial charge in [-0.05, 0) is 66.9 Å². The van der Waals surface area contributed by atoms with E-state index in [1.165, 1.54) is 11.1 Å². The van der Waals surface area contributed by atoms with Gasteiger partial charge in [-0.15, -0.1) is 0 Å². The SMILES string of the molecule is COc1ccc(CC(=O)Nc2ccc(Nc3cc(C)cc(C)c3)cn2)cc1. The van der Waals surface area contributed by atoms with E-state index in [-0.39, 0.29) is 12.3 Å². The number of benzene rings is 2. The van der Waals surface area contributed by atoms with Crippen molar-refractivity contribution in [1.29, 1.82) is 0 Å². The maximum atomic E-state index is 12.2. The first-order chi connectivity index (χ1) is 13.0. The molecule has 138 valence electrons. The van der Waals surface area contributed by atoms with Gasteiger partial charge in [0.1, 0.15) is 11.6 Å². The van der Waals surface area contributed by atoms with Gasteiger partial charge in [0.05, 0.1) is 25.4 Å². The van der Waals surface area contributed by atoms with Crippen molar-refractivity contribution in [2.24, 2.45) is 0 Å². The number of pyridine rings is 1. The fourth-order valence-electron chi connectivity index (χ4n) is 2.87.